The number of hydrogen-bond donors (Lipinski definition) is 1. The first-order valence-electron chi connectivity index (χ1n) is 10.5. The molecule has 27 heavy (non-hydrogen) atoms. The van der Waals surface area contributed by atoms with Crippen molar-refractivity contribution >= 4 is 0 Å². The van der Waals surface area contributed by atoms with Crippen LogP contribution >= 0.6 is 0 Å². The lowest BCUT2D eigenvalue weighted by molar-refractivity contribution is 0.208. The van der Waals surface area contributed by atoms with Gasteiger partial charge in [0.15, 0.2) is 5.82 Å². The SMILES string of the molecule is c1cc(CN2CCCC2c2nnc3n2CCNC3)cc(OC2CCCC2)c1. The van der Waals surface area contributed by atoms with Crippen LogP contribution in [0.2, 0.25) is 0 Å². The van der Waals surface area contributed by atoms with Gasteiger partial charge in [0.2, 0.25) is 0 Å². The van der Waals surface area contributed by atoms with E-state index in [-0.39, 0.29) is 0 Å². The lowest BCUT2D eigenvalue weighted by atomic mass is 10.1. The Kier molecular flexibility index (Phi) is 4.84. The van der Waals surface area contributed by atoms with Gasteiger partial charge in [-0.3, -0.25) is 4.90 Å². The lowest BCUT2D eigenvalue weighted by Gasteiger charge is -2.26. The molecule has 0 bridgehead atoms. The van der Waals surface area contributed by atoms with E-state index < -0.39 is 0 Å². The molecule has 1 saturated heterocycles. The van der Waals surface area contributed by atoms with Gasteiger partial charge in [-0.2, -0.15) is 0 Å². The van der Waals surface area contributed by atoms with Crippen LogP contribution in [0.5, 0.6) is 5.75 Å². The highest BCUT2D eigenvalue weighted by molar-refractivity contribution is 5.29. The molecular weight excluding hydrogens is 338 g/mol. The summed E-state index contributed by atoms with van der Waals surface area (Å²) in [6.45, 7) is 4.89. The number of aromatic nitrogens is 3. The monoisotopic (exact) mass is 367 g/mol. The van der Waals surface area contributed by atoms with Crippen LogP contribution in [-0.2, 0) is 19.6 Å². The van der Waals surface area contributed by atoms with E-state index in [1.165, 1.54) is 44.1 Å². The molecule has 2 aliphatic heterocycles. The molecule has 1 unspecified atom stereocenters. The number of likely N-dealkylation sites (tertiary alicyclic amines) is 1. The largest absolute Gasteiger partial charge is 0.490 e. The molecule has 1 aromatic carbocycles. The number of benzene rings is 1. The van der Waals surface area contributed by atoms with Gasteiger partial charge in [-0.25, -0.2) is 0 Å². The van der Waals surface area contributed by atoms with Crippen molar-refractivity contribution in [3.8, 4) is 5.75 Å². The van der Waals surface area contributed by atoms with Crippen LogP contribution in [0.4, 0.5) is 0 Å². The molecule has 3 heterocycles. The fourth-order valence-electron chi connectivity index (χ4n) is 4.82. The number of rotatable bonds is 5. The zero-order valence-electron chi connectivity index (χ0n) is 15.9. The van der Waals surface area contributed by atoms with E-state index in [4.69, 9.17) is 4.74 Å². The van der Waals surface area contributed by atoms with Gasteiger partial charge in [0, 0.05) is 19.6 Å². The summed E-state index contributed by atoms with van der Waals surface area (Å²) in [5.74, 6) is 3.26. The molecule has 1 saturated carbocycles. The molecular formula is C21H29N5O. The Morgan fingerprint density at radius 3 is 2.93 bits per heavy atom. The minimum atomic E-state index is 0.378. The Hall–Kier alpha value is -1.92. The quantitative estimate of drug-likeness (QED) is 0.880. The normalized spacial score (nSPS) is 23.6. The maximum Gasteiger partial charge on any atom is 0.150 e. The highest BCUT2D eigenvalue weighted by Gasteiger charge is 2.31. The predicted molar refractivity (Wildman–Crippen MR) is 103 cm³/mol. The first-order chi connectivity index (χ1) is 13.4. The molecule has 6 nitrogen and oxygen atoms in total. The fourth-order valence-corrected chi connectivity index (χ4v) is 4.82. The Morgan fingerprint density at radius 1 is 1.07 bits per heavy atom. The van der Waals surface area contributed by atoms with Crippen LogP contribution in [-0.4, -0.2) is 38.9 Å². The third-order valence-corrected chi connectivity index (χ3v) is 6.20. The van der Waals surface area contributed by atoms with Crippen LogP contribution in [0, 0.1) is 0 Å². The van der Waals surface area contributed by atoms with Crippen molar-refractivity contribution in [3.05, 3.63) is 41.5 Å². The average molecular weight is 367 g/mol. The highest BCUT2D eigenvalue weighted by Crippen LogP contribution is 2.33. The summed E-state index contributed by atoms with van der Waals surface area (Å²) in [7, 11) is 0. The van der Waals surface area contributed by atoms with E-state index in [1.54, 1.807) is 0 Å². The Balaban J connectivity index is 1.30. The maximum atomic E-state index is 6.20. The van der Waals surface area contributed by atoms with E-state index in [1.807, 2.05) is 0 Å². The van der Waals surface area contributed by atoms with Crippen LogP contribution in [0.25, 0.3) is 0 Å². The van der Waals surface area contributed by atoms with Crippen molar-refractivity contribution in [1.82, 2.24) is 25.0 Å². The molecule has 0 amide bonds. The third-order valence-electron chi connectivity index (χ3n) is 6.20. The average Bonchev–Trinajstić information content (AvgIpc) is 3.43. The van der Waals surface area contributed by atoms with Crippen LogP contribution < -0.4 is 10.1 Å². The van der Waals surface area contributed by atoms with Crippen LogP contribution in [0.15, 0.2) is 24.3 Å². The first-order valence-corrected chi connectivity index (χ1v) is 10.5. The number of hydrogen-bond acceptors (Lipinski definition) is 5. The first kappa shape index (κ1) is 17.2. The maximum absolute atomic E-state index is 6.20. The fraction of sp³-hybridized carbons (Fsp3) is 0.619. The zero-order valence-corrected chi connectivity index (χ0v) is 15.9. The van der Waals surface area contributed by atoms with Gasteiger partial charge in [-0.15, -0.1) is 10.2 Å². The molecule has 0 radical (unpaired) electrons. The van der Waals surface area contributed by atoms with E-state index in [2.05, 4.69) is 49.2 Å². The Labute approximate surface area is 160 Å². The summed E-state index contributed by atoms with van der Waals surface area (Å²) < 4.78 is 8.53. The van der Waals surface area contributed by atoms with E-state index >= 15 is 0 Å². The minimum Gasteiger partial charge on any atom is -0.490 e. The molecule has 6 heteroatoms. The van der Waals surface area contributed by atoms with Crippen molar-refractivity contribution in [2.24, 2.45) is 0 Å². The predicted octanol–water partition coefficient (Wildman–Crippen LogP) is 3.04. The van der Waals surface area contributed by atoms with Gasteiger partial charge >= 0.3 is 0 Å². The molecule has 0 spiro atoms. The summed E-state index contributed by atoms with van der Waals surface area (Å²) in [4.78, 5) is 2.56. The number of nitrogens with zero attached hydrogens (tertiary/aromatic N) is 4. The smallest absolute Gasteiger partial charge is 0.150 e. The Bertz CT molecular complexity index is 783. The molecule has 5 rings (SSSR count). The molecule has 2 aromatic rings. The van der Waals surface area contributed by atoms with Gasteiger partial charge in [0.25, 0.3) is 0 Å². The third kappa shape index (κ3) is 3.60. The molecule has 144 valence electrons. The van der Waals surface area contributed by atoms with E-state index in [0.717, 1.165) is 50.1 Å². The minimum absolute atomic E-state index is 0.378. The topological polar surface area (TPSA) is 55.2 Å². The van der Waals surface area contributed by atoms with Crippen molar-refractivity contribution in [2.45, 2.75) is 70.3 Å². The molecule has 1 aliphatic carbocycles. The van der Waals surface area contributed by atoms with Crippen LogP contribution in [0.1, 0.15) is 61.8 Å². The van der Waals surface area contributed by atoms with Crippen LogP contribution in [0.3, 0.4) is 0 Å². The number of nitrogens with one attached hydrogen (secondary N) is 1. The van der Waals surface area contributed by atoms with Gasteiger partial charge in [0.1, 0.15) is 11.6 Å². The molecule has 1 N–H and O–H groups in total. The van der Waals surface area contributed by atoms with E-state index in [0.29, 0.717) is 12.1 Å². The standard InChI is InChI=1S/C21H29N5O/c1-2-7-17(6-1)27-18-8-3-5-16(13-18)15-25-11-4-9-19(25)21-24-23-20-14-22-10-12-26(20)21/h3,5,8,13,17,19,22H,1-2,4,6-7,9-12,14-15H2. The van der Waals surface area contributed by atoms with Crippen molar-refractivity contribution in [3.63, 3.8) is 0 Å². The molecule has 3 aliphatic rings. The lowest BCUT2D eigenvalue weighted by Crippen LogP contribution is -2.31. The zero-order chi connectivity index (χ0) is 18.1. The molecule has 2 fully saturated rings. The highest BCUT2D eigenvalue weighted by atomic mass is 16.5. The van der Waals surface area contributed by atoms with Crippen molar-refractivity contribution in [2.75, 3.05) is 13.1 Å². The second-order valence-corrected chi connectivity index (χ2v) is 8.10. The Morgan fingerprint density at radius 2 is 2.00 bits per heavy atom. The number of ether oxygens (including phenoxy) is 1. The van der Waals surface area contributed by atoms with Gasteiger partial charge in [-0.05, 0) is 62.8 Å². The molecule has 1 atom stereocenters. The summed E-state index contributed by atoms with van der Waals surface area (Å²) in [6, 6.07) is 9.07. The van der Waals surface area contributed by atoms with E-state index in [9.17, 15) is 0 Å². The second kappa shape index (κ2) is 7.60. The van der Waals surface area contributed by atoms with Crippen molar-refractivity contribution in [1.29, 1.82) is 0 Å². The van der Waals surface area contributed by atoms with Crippen molar-refractivity contribution < 1.29 is 4.74 Å². The molecule has 1 aromatic heterocycles. The summed E-state index contributed by atoms with van der Waals surface area (Å²) in [5.41, 5.74) is 1.33. The van der Waals surface area contributed by atoms with Gasteiger partial charge < -0.3 is 14.6 Å². The summed E-state index contributed by atoms with van der Waals surface area (Å²) in [6.07, 6.45) is 7.82. The summed E-state index contributed by atoms with van der Waals surface area (Å²) >= 11 is 0. The number of fused-ring (bicyclic) bond motifs is 1. The summed E-state index contributed by atoms with van der Waals surface area (Å²) in [5, 5.41) is 12.4. The van der Waals surface area contributed by atoms with Gasteiger partial charge in [0.05, 0.1) is 18.7 Å². The second-order valence-electron chi connectivity index (χ2n) is 8.10. The van der Waals surface area contributed by atoms with Gasteiger partial charge in [-0.1, -0.05) is 12.1 Å².